The van der Waals surface area contributed by atoms with Crippen molar-refractivity contribution in [2.24, 2.45) is 0 Å². The molecule has 0 radical (unpaired) electrons. The number of methoxy groups -OCH3 is 1. The minimum absolute atomic E-state index is 0.132. The number of amides is 1. The van der Waals surface area contributed by atoms with Crippen LogP contribution in [0.15, 0.2) is 48.5 Å². The summed E-state index contributed by atoms with van der Waals surface area (Å²) in [6.45, 7) is 0.753. The Morgan fingerprint density at radius 1 is 1.21 bits per heavy atom. The molecule has 0 saturated heterocycles. The molecule has 1 unspecified atom stereocenters. The van der Waals surface area contributed by atoms with Gasteiger partial charge in [0.25, 0.3) is 0 Å². The molecule has 4 heteroatoms. The van der Waals surface area contributed by atoms with E-state index in [4.69, 9.17) is 4.74 Å². The van der Waals surface area contributed by atoms with Crippen molar-refractivity contribution in [3.63, 3.8) is 0 Å². The molecule has 0 bridgehead atoms. The molecular formula is C20H24N2O2. The Balaban J connectivity index is 1.84. The van der Waals surface area contributed by atoms with Crippen LogP contribution in [-0.4, -0.2) is 38.6 Å². The topological polar surface area (TPSA) is 32.8 Å². The summed E-state index contributed by atoms with van der Waals surface area (Å²) < 4.78 is 5.25. The third-order valence-corrected chi connectivity index (χ3v) is 4.63. The van der Waals surface area contributed by atoms with Gasteiger partial charge in [0.2, 0.25) is 5.91 Å². The van der Waals surface area contributed by atoms with E-state index < -0.39 is 0 Å². The van der Waals surface area contributed by atoms with Gasteiger partial charge in [-0.25, -0.2) is 0 Å². The van der Waals surface area contributed by atoms with Crippen molar-refractivity contribution in [1.29, 1.82) is 0 Å². The lowest BCUT2D eigenvalue weighted by atomic mass is 9.95. The molecule has 0 fully saturated rings. The second-order valence-corrected chi connectivity index (χ2v) is 6.40. The van der Waals surface area contributed by atoms with Crippen LogP contribution in [0, 0.1) is 0 Å². The van der Waals surface area contributed by atoms with Gasteiger partial charge < -0.3 is 14.5 Å². The molecule has 2 aromatic rings. The van der Waals surface area contributed by atoms with Crippen molar-refractivity contribution in [3.8, 4) is 5.75 Å². The number of rotatable bonds is 4. The maximum atomic E-state index is 12.9. The average molecular weight is 324 g/mol. The zero-order chi connectivity index (χ0) is 17.1. The molecule has 24 heavy (non-hydrogen) atoms. The Morgan fingerprint density at radius 2 is 2.00 bits per heavy atom. The Kier molecular flexibility index (Phi) is 4.86. The van der Waals surface area contributed by atoms with Gasteiger partial charge in [-0.2, -0.15) is 0 Å². The first-order valence-corrected chi connectivity index (χ1v) is 8.29. The number of carbonyl (C=O) groups is 1. The number of benzene rings is 2. The molecule has 0 spiro atoms. The number of carbonyl (C=O) groups excluding carboxylic acids is 1. The minimum atomic E-state index is 0.132. The molecule has 1 aliphatic rings. The molecule has 1 aliphatic heterocycles. The number of anilines is 1. The summed E-state index contributed by atoms with van der Waals surface area (Å²) in [5.41, 5.74) is 3.25. The van der Waals surface area contributed by atoms with Gasteiger partial charge in [0.15, 0.2) is 0 Å². The first-order valence-electron chi connectivity index (χ1n) is 8.29. The molecule has 1 heterocycles. The Bertz CT molecular complexity index is 727. The molecule has 0 saturated carbocycles. The van der Waals surface area contributed by atoms with E-state index in [9.17, 15) is 4.79 Å². The van der Waals surface area contributed by atoms with Gasteiger partial charge in [-0.1, -0.05) is 30.3 Å². The SMILES string of the molecule is COc1cccc(CC(=O)N2CCC(N(C)C)c3ccccc32)c1. The number of fused-ring (bicyclic) bond motifs is 1. The zero-order valence-corrected chi connectivity index (χ0v) is 14.5. The van der Waals surface area contributed by atoms with E-state index in [0.29, 0.717) is 12.5 Å². The lowest BCUT2D eigenvalue weighted by molar-refractivity contribution is -0.118. The Morgan fingerprint density at radius 3 is 2.75 bits per heavy atom. The van der Waals surface area contributed by atoms with Crippen LogP contribution in [0.25, 0.3) is 0 Å². The van der Waals surface area contributed by atoms with Crippen LogP contribution in [0.1, 0.15) is 23.6 Å². The van der Waals surface area contributed by atoms with E-state index >= 15 is 0 Å². The van der Waals surface area contributed by atoms with Crippen LogP contribution in [0.4, 0.5) is 5.69 Å². The van der Waals surface area contributed by atoms with Crippen LogP contribution in [0.2, 0.25) is 0 Å². The van der Waals surface area contributed by atoms with E-state index in [1.54, 1.807) is 7.11 Å². The summed E-state index contributed by atoms with van der Waals surface area (Å²) in [5.74, 6) is 0.917. The number of para-hydroxylation sites is 1. The highest BCUT2D eigenvalue weighted by molar-refractivity contribution is 5.96. The molecule has 4 nitrogen and oxygen atoms in total. The number of hydrogen-bond acceptors (Lipinski definition) is 3. The average Bonchev–Trinajstić information content (AvgIpc) is 2.60. The second kappa shape index (κ2) is 7.05. The third-order valence-electron chi connectivity index (χ3n) is 4.63. The molecule has 1 amide bonds. The monoisotopic (exact) mass is 324 g/mol. The fourth-order valence-corrected chi connectivity index (χ4v) is 3.39. The Labute approximate surface area is 143 Å². The van der Waals surface area contributed by atoms with Gasteiger partial charge in [0, 0.05) is 18.3 Å². The predicted molar refractivity (Wildman–Crippen MR) is 96.5 cm³/mol. The molecular weight excluding hydrogens is 300 g/mol. The summed E-state index contributed by atoms with van der Waals surface area (Å²) in [6, 6.07) is 16.3. The number of hydrogen-bond donors (Lipinski definition) is 0. The van der Waals surface area contributed by atoms with Gasteiger partial charge >= 0.3 is 0 Å². The lowest BCUT2D eigenvalue weighted by Gasteiger charge is -2.37. The highest BCUT2D eigenvalue weighted by Crippen LogP contribution is 2.36. The van der Waals surface area contributed by atoms with Crippen LogP contribution in [-0.2, 0) is 11.2 Å². The van der Waals surface area contributed by atoms with E-state index in [1.807, 2.05) is 41.3 Å². The predicted octanol–water partition coefficient (Wildman–Crippen LogP) is 3.28. The fourth-order valence-electron chi connectivity index (χ4n) is 3.39. The van der Waals surface area contributed by atoms with Gasteiger partial charge in [-0.15, -0.1) is 0 Å². The van der Waals surface area contributed by atoms with E-state index in [-0.39, 0.29) is 5.91 Å². The van der Waals surface area contributed by atoms with E-state index in [0.717, 1.165) is 30.0 Å². The van der Waals surface area contributed by atoms with Crippen molar-refractivity contribution >= 4 is 11.6 Å². The van der Waals surface area contributed by atoms with Gasteiger partial charge in [-0.05, 0) is 49.8 Å². The molecule has 1 atom stereocenters. The first-order chi connectivity index (χ1) is 11.6. The van der Waals surface area contributed by atoms with Gasteiger partial charge in [-0.3, -0.25) is 4.79 Å². The standard InChI is InChI=1S/C20H24N2O2/c1-21(2)18-11-12-22(19-10-5-4-9-17(18)19)20(23)14-15-7-6-8-16(13-15)24-3/h4-10,13,18H,11-12,14H2,1-3H3. The van der Waals surface area contributed by atoms with Gasteiger partial charge in [0.1, 0.15) is 5.75 Å². The fraction of sp³-hybridized carbons (Fsp3) is 0.350. The molecule has 2 aromatic carbocycles. The number of nitrogens with zero attached hydrogens (tertiary/aromatic N) is 2. The summed E-state index contributed by atoms with van der Waals surface area (Å²) in [4.78, 5) is 17.0. The zero-order valence-electron chi connectivity index (χ0n) is 14.5. The third kappa shape index (κ3) is 3.29. The molecule has 0 aliphatic carbocycles. The Hall–Kier alpha value is -2.33. The van der Waals surface area contributed by atoms with Crippen molar-refractivity contribution < 1.29 is 9.53 Å². The van der Waals surface area contributed by atoms with Crippen molar-refractivity contribution in [2.75, 3.05) is 32.6 Å². The molecule has 0 N–H and O–H groups in total. The maximum Gasteiger partial charge on any atom is 0.231 e. The highest BCUT2D eigenvalue weighted by atomic mass is 16.5. The van der Waals surface area contributed by atoms with E-state index in [2.05, 4.69) is 31.1 Å². The van der Waals surface area contributed by atoms with Crippen LogP contribution < -0.4 is 9.64 Å². The summed E-state index contributed by atoms with van der Waals surface area (Å²) in [5, 5.41) is 0. The first kappa shape index (κ1) is 16.5. The van der Waals surface area contributed by atoms with Crippen LogP contribution in [0.3, 0.4) is 0 Å². The molecule has 3 rings (SSSR count). The van der Waals surface area contributed by atoms with E-state index in [1.165, 1.54) is 5.56 Å². The summed E-state index contributed by atoms with van der Waals surface area (Å²) >= 11 is 0. The quantitative estimate of drug-likeness (QED) is 0.865. The summed E-state index contributed by atoms with van der Waals surface area (Å²) in [6.07, 6.45) is 1.34. The minimum Gasteiger partial charge on any atom is -0.497 e. The smallest absolute Gasteiger partial charge is 0.231 e. The summed E-state index contributed by atoms with van der Waals surface area (Å²) in [7, 11) is 5.83. The normalized spacial score (nSPS) is 16.8. The largest absolute Gasteiger partial charge is 0.497 e. The molecule has 126 valence electrons. The highest BCUT2D eigenvalue weighted by Gasteiger charge is 2.29. The molecule has 0 aromatic heterocycles. The van der Waals surface area contributed by atoms with Crippen molar-refractivity contribution in [3.05, 3.63) is 59.7 Å². The number of ether oxygens (including phenoxy) is 1. The van der Waals surface area contributed by atoms with Crippen molar-refractivity contribution in [1.82, 2.24) is 4.90 Å². The lowest BCUT2D eigenvalue weighted by Crippen LogP contribution is -2.40. The van der Waals surface area contributed by atoms with Crippen LogP contribution >= 0.6 is 0 Å². The van der Waals surface area contributed by atoms with Gasteiger partial charge in [0.05, 0.1) is 13.5 Å². The maximum absolute atomic E-state index is 12.9. The second-order valence-electron chi connectivity index (χ2n) is 6.40. The van der Waals surface area contributed by atoms with Crippen LogP contribution in [0.5, 0.6) is 5.75 Å². The van der Waals surface area contributed by atoms with Crippen molar-refractivity contribution in [2.45, 2.75) is 18.9 Å².